The molecule has 0 aliphatic heterocycles. The van der Waals surface area contributed by atoms with E-state index in [9.17, 15) is 0 Å². The summed E-state index contributed by atoms with van der Waals surface area (Å²) in [6.45, 7) is 4.90. The molecule has 24 heavy (non-hydrogen) atoms. The molecule has 0 N–H and O–H groups in total. The van der Waals surface area contributed by atoms with Crippen LogP contribution in [0.1, 0.15) is 105 Å². The van der Waals surface area contributed by atoms with Gasteiger partial charge in [-0.15, -0.1) is 0 Å². The van der Waals surface area contributed by atoms with E-state index in [0.717, 1.165) is 35.5 Å². The fourth-order valence-corrected chi connectivity index (χ4v) is 5.78. The molecule has 2 heteroatoms. The second-order valence-electron chi connectivity index (χ2n) is 9.61. The van der Waals surface area contributed by atoms with E-state index in [1.807, 2.05) is 0 Å². The van der Waals surface area contributed by atoms with Crippen LogP contribution < -0.4 is 51.4 Å². The molecule has 3 rings (SSSR count). The van der Waals surface area contributed by atoms with Crippen LogP contribution in [0.4, 0.5) is 4.70 Å². The molecule has 0 saturated heterocycles. The number of hydrogen-bond donors (Lipinski definition) is 0. The van der Waals surface area contributed by atoms with Crippen molar-refractivity contribution in [1.29, 1.82) is 0 Å². The SMILES string of the molecule is CC1CCC(CC2CCC(CC3CCC(C)CC3)CC2)CC1.F.[H-].[K+]. The summed E-state index contributed by atoms with van der Waals surface area (Å²) in [7, 11) is 0. The van der Waals surface area contributed by atoms with Crippen LogP contribution in [0.3, 0.4) is 0 Å². The van der Waals surface area contributed by atoms with Crippen LogP contribution in [-0.2, 0) is 0 Å². The zero-order valence-corrected chi connectivity index (χ0v) is 19.9. The van der Waals surface area contributed by atoms with Crippen molar-refractivity contribution in [2.24, 2.45) is 35.5 Å². The van der Waals surface area contributed by atoms with E-state index in [1.165, 1.54) is 25.7 Å². The summed E-state index contributed by atoms with van der Waals surface area (Å²) in [5.74, 6) is 6.42. The quantitative estimate of drug-likeness (QED) is 0.645. The maximum atomic E-state index is 2.45. The van der Waals surface area contributed by atoms with Crippen LogP contribution in [0.2, 0.25) is 0 Å². The summed E-state index contributed by atoms with van der Waals surface area (Å²) < 4.78 is 0. The van der Waals surface area contributed by atoms with Crippen molar-refractivity contribution in [3.63, 3.8) is 0 Å². The molecule has 0 atom stereocenters. The average Bonchev–Trinajstić information content (AvgIpc) is 2.54. The summed E-state index contributed by atoms with van der Waals surface area (Å²) in [6.07, 6.45) is 21.7. The molecule has 0 spiro atoms. The molecule has 0 aromatic carbocycles. The molecular formula is C22H42FK. The molecule has 3 saturated carbocycles. The summed E-state index contributed by atoms with van der Waals surface area (Å²) >= 11 is 0. The van der Waals surface area contributed by atoms with Gasteiger partial charge in [-0.3, -0.25) is 4.70 Å². The fourth-order valence-electron chi connectivity index (χ4n) is 5.78. The summed E-state index contributed by atoms with van der Waals surface area (Å²) in [5.41, 5.74) is 0. The molecule has 0 nitrogen and oxygen atoms in total. The molecule has 0 aromatic heterocycles. The Kier molecular flexibility index (Phi) is 11.9. The van der Waals surface area contributed by atoms with Crippen LogP contribution in [0, 0.1) is 35.5 Å². The molecular weight excluding hydrogens is 322 g/mol. The van der Waals surface area contributed by atoms with Gasteiger partial charge in [0.2, 0.25) is 0 Å². The molecule has 3 aliphatic carbocycles. The van der Waals surface area contributed by atoms with E-state index in [-0.39, 0.29) is 57.5 Å². The summed E-state index contributed by atoms with van der Waals surface area (Å²) in [6, 6.07) is 0. The van der Waals surface area contributed by atoms with Crippen LogP contribution in [0.25, 0.3) is 0 Å². The molecule has 0 aromatic rings. The van der Waals surface area contributed by atoms with Gasteiger partial charge in [-0.05, 0) is 48.3 Å². The zero-order valence-electron chi connectivity index (χ0n) is 17.8. The third kappa shape index (κ3) is 7.67. The monoisotopic (exact) mass is 364 g/mol. The smallest absolute Gasteiger partial charge is 1.00 e. The van der Waals surface area contributed by atoms with E-state index >= 15 is 0 Å². The van der Waals surface area contributed by atoms with Gasteiger partial charge in [0.1, 0.15) is 0 Å². The first kappa shape index (κ1) is 23.6. The third-order valence-electron chi connectivity index (χ3n) is 7.57. The van der Waals surface area contributed by atoms with Crippen LogP contribution in [0.15, 0.2) is 0 Å². The predicted molar refractivity (Wildman–Crippen MR) is 101 cm³/mol. The molecule has 138 valence electrons. The van der Waals surface area contributed by atoms with Crippen molar-refractivity contribution in [2.75, 3.05) is 0 Å². The molecule has 0 heterocycles. The van der Waals surface area contributed by atoms with Crippen molar-refractivity contribution in [3.8, 4) is 0 Å². The maximum absolute atomic E-state index is 2.45. The number of rotatable bonds is 4. The maximum Gasteiger partial charge on any atom is 1.00 e. The number of hydrogen-bond acceptors (Lipinski definition) is 0. The minimum atomic E-state index is 0. The zero-order chi connectivity index (χ0) is 15.4. The Hall–Kier alpha value is 1.57. The van der Waals surface area contributed by atoms with Gasteiger partial charge in [-0.2, -0.15) is 0 Å². The van der Waals surface area contributed by atoms with Gasteiger partial charge in [-0.1, -0.05) is 90.9 Å². The average molecular weight is 365 g/mol. The van der Waals surface area contributed by atoms with Gasteiger partial charge in [0.15, 0.2) is 0 Å². The second kappa shape index (κ2) is 12.1. The largest absolute Gasteiger partial charge is 1.00 e. The fraction of sp³-hybridized carbons (Fsp3) is 1.00. The first-order valence-electron chi connectivity index (χ1n) is 10.7. The van der Waals surface area contributed by atoms with Crippen molar-refractivity contribution >= 4 is 0 Å². The van der Waals surface area contributed by atoms with Crippen LogP contribution in [-0.4, -0.2) is 0 Å². The van der Waals surface area contributed by atoms with Gasteiger partial charge in [-0.25, -0.2) is 0 Å². The van der Waals surface area contributed by atoms with Gasteiger partial charge in [0.05, 0.1) is 0 Å². The Labute approximate surface area is 195 Å². The normalized spacial score (nSPS) is 40.2. The predicted octanol–water partition coefficient (Wildman–Crippen LogP) is 4.49. The van der Waals surface area contributed by atoms with E-state index in [4.69, 9.17) is 0 Å². The standard InChI is InChI=1S/C22H40.FH.K.H/c1-17-3-7-19(8-4-17)15-21-11-13-22(14-12-21)16-20-9-5-18(2)6-10-20;;;/h17-22H,3-16H2,1-2H3;1H;;/q;;+1;-1. The Balaban J connectivity index is 0.00000192. The molecule has 0 radical (unpaired) electrons. The van der Waals surface area contributed by atoms with Crippen molar-refractivity contribution in [1.82, 2.24) is 0 Å². The van der Waals surface area contributed by atoms with E-state index in [2.05, 4.69) is 13.8 Å². The Bertz CT molecular complexity index is 282. The summed E-state index contributed by atoms with van der Waals surface area (Å²) in [5, 5.41) is 0. The van der Waals surface area contributed by atoms with Crippen molar-refractivity contribution in [3.05, 3.63) is 0 Å². The Morgan fingerprint density at radius 1 is 0.500 bits per heavy atom. The van der Waals surface area contributed by atoms with E-state index in [1.54, 1.807) is 64.2 Å². The van der Waals surface area contributed by atoms with Gasteiger partial charge in [0.25, 0.3) is 0 Å². The van der Waals surface area contributed by atoms with Crippen LogP contribution in [0.5, 0.6) is 0 Å². The van der Waals surface area contributed by atoms with Gasteiger partial charge < -0.3 is 1.43 Å². The first-order valence-corrected chi connectivity index (χ1v) is 10.7. The summed E-state index contributed by atoms with van der Waals surface area (Å²) in [4.78, 5) is 0. The van der Waals surface area contributed by atoms with Gasteiger partial charge in [0, 0.05) is 0 Å². The topological polar surface area (TPSA) is 0 Å². The van der Waals surface area contributed by atoms with E-state index in [0.29, 0.717) is 0 Å². The molecule has 3 aliphatic rings. The first-order chi connectivity index (χ1) is 10.7. The molecule has 3 fully saturated rings. The van der Waals surface area contributed by atoms with Gasteiger partial charge >= 0.3 is 51.4 Å². The molecule has 0 unspecified atom stereocenters. The van der Waals surface area contributed by atoms with Crippen molar-refractivity contribution in [2.45, 2.75) is 104 Å². The molecule has 0 amide bonds. The molecule has 0 bridgehead atoms. The second-order valence-corrected chi connectivity index (χ2v) is 9.61. The Morgan fingerprint density at radius 2 is 0.708 bits per heavy atom. The van der Waals surface area contributed by atoms with Crippen LogP contribution >= 0.6 is 0 Å². The third-order valence-corrected chi connectivity index (χ3v) is 7.57. The minimum absolute atomic E-state index is 0. The number of halogens is 1. The van der Waals surface area contributed by atoms with Crippen molar-refractivity contribution < 1.29 is 57.5 Å². The van der Waals surface area contributed by atoms with E-state index < -0.39 is 0 Å². The minimum Gasteiger partial charge on any atom is -1.00 e. The Morgan fingerprint density at radius 3 is 0.958 bits per heavy atom.